The van der Waals surface area contributed by atoms with Crippen LogP contribution in [0.2, 0.25) is 0 Å². The van der Waals surface area contributed by atoms with Crippen molar-refractivity contribution in [3.05, 3.63) is 29.8 Å². The van der Waals surface area contributed by atoms with Gasteiger partial charge in [-0.2, -0.15) is 4.90 Å². The molecule has 1 aromatic carbocycles. The van der Waals surface area contributed by atoms with Gasteiger partial charge in [0, 0.05) is 12.0 Å². The zero-order chi connectivity index (χ0) is 24.3. The van der Waals surface area contributed by atoms with Crippen molar-refractivity contribution in [2.45, 2.75) is 64.7 Å². The van der Waals surface area contributed by atoms with Crippen LogP contribution in [0.4, 0.5) is 20.1 Å². The number of para-hydroxylation sites is 1. The van der Waals surface area contributed by atoms with E-state index in [1.54, 1.807) is 53.7 Å². The molecule has 2 heterocycles. The number of anilines is 1. The summed E-state index contributed by atoms with van der Waals surface area (Å²) in [5, 5.41) is 0. The first kappa shape index (κ1) is 18.9. The molecular formula is C21H26N2O7. The molecule has 9 nitrogen and oxygen atoms in total. The average molecular weight is 420 g/mol. The second-order valence-electron chi connectivity index (χ2n) is 9.00. The number of cyclic esters (lactones) is 1. The highest BCUT2D eigenvalue weighted by atomic mass is 16.6. The third-order valence-electron chi connectivity index (χ3n) is 4.35. The van der Waals surface area contributed by atoms with Crippen molar-refractivity contribution < 1.29 is 36.1 Å². The third-order valence-corrected chi connectivity index (χ3v) is 4.35. The maximum Gasteiger partial charge on any atom is 0.421 e. The molecule has 0 unspecified atom stereocenters. The molecule has 4 amide bonds. The topological polar surface area (TPSA) is 102 Å². The molecule has 1 spiro atoms. The fraction of sp³-hybridized carbons (Fsp3) is 0.524. The van der Waals surface area contributed by atoms with E-state index in [1.165, 1.54) is 12.1 Å². The molecule has 0 radical (unpaired) electrons. The molecule has 30 heavy (non-hydrogen) atoms. The largest absolute Gasteiger partial charge is 0.449 e. The van der Waals surface area contributed by atoms with Gasteiger partial charge in [-0.3, -0.25) is 4.79 Å². The SMILES string of the molecule is [2H]C1([2H])C[C@@]2(C(=O)N(C(=O)OC(C)(C)C)c3ccccc32)N(C(=O)OC(C)(C)C)C(=O)O1. The minimum Gasteiger partial charge on any atom is -0.449 e. The number of imide groups is 2. The quantitative estimate of drug-likeness (QED) is 0.586. The van der Waals surface area contributed by atoms with Gasteiger partial charge in [-0.1, -0.05) is 18.2 Å². The Labute approximate surface area is 177 Å². The van der Waals surface area contributed by atoms with Gasteiger partial charge in [-0.15, -0.1) is 0 Å². The lowest BCUT2D eigenvalue weighted by Crippen LogP contribution is -2.62. The van der Waals surface area contributed by atoms with Gasteiger partial charge < -0.3 is 14.2 Å². The minimum absolute atomic E-state index is 0.0748. The standard InChI is InChI=1S/C21H26N2O7/c1-19(2,3)29-16(25)22-14-10-8-7-9-13(14)21(15(22)24)11-12-28-17(26)23(21)18(27)30-20(4,5)6/h7-10H,11-12H2,1-6H3/t21-/m1/s1/i12D2. The molecule has 0 bridgehead atoms. The number of benzene rings is 1. The van der Waals surface area contributed by atoms with Crippen molar-refractivity contribution in [3.8, 4) is 0 Å². The van der Waals surface area contributed by atoms with E-state index in [-0.39, 0.29) is 11.3 Å². The van der Waals surface area contributed by atoms with Crippen LogP contribution in [0.1, 0.15) is 56.3 Å². The molecule has 1 aromatic rings. The number of fused-ring (bicyclic) bond motifs is 2. The van der Waals surface area contributed by atoms with Crippen molar-refractivity contribution >= 4 is 29.9 Å². The number of rotatable bonds is 0. The third kappa shape index (κ3) is 3.59. The van der Waals surface area contributed by atoms with Crippen LogP contribution in [0.3, 0.4) is 0 Å². The van der Waals surface area contributed by atoms with Crippen molar-refractivity contribution in [2.24, 2.45) is 0 Å². The smallest absolute Gasteiger partial charge is 0.421 e. The van der Waals surface area contributed by atoms with E-state index < -0.39 is 53.9 Å². The molecule has 0 aromatic heterocycles. The average Bonchev–Trinajstić information content (AvgIpc) is 2.79. The van der Waals surface area contributed by atoms with E-state index in [4.69, 9.17) is 17.0 Å². The fourth-order valence-electron chi connectivity index (χ4n) is 3.32. The van der Waals surface area contributed by atoms with Crippen molar-refractivity contribution in [1.82, 2.24) is 4.90 Å². The molecule has 3 rings (SSSR count). The van der Waals surface area contributed by atoms with Crippen LogP contribution in [0.15, 0.2) is 24.3 Å². The van der Waals surface area contributed by atoms with Gasteiger partial charge in [0.1, 0.15) is 11.2 Å². The monoisotopic (exact) mass is 420 g/mol. The molecule has 2 aliphatic rings. The van der Waals surface area contributed by atoms with Crippen molar-refractivity contribution in [3.63, 3.8) is 0 Å². The lowest BCUT2D eigenvalue weighted by Gasteiger charge is -2.41. The van der Waals surface area contributed by atoms with Gasteiger partial charge in [-0.25, -0.2) is 19.3 Å². The Balaban J connectivity index is 2.22. The summed E-state index contributed by atoms with van der Waals surface area (Å²) < 4.78 is 31.6. The highest BCUT2D eigenvalue weighted by Gasteiger charge is 2.63. The van der Waals surface area contributed by atoms with Crippen LogP contribution in [-0.2, 0) is 24.5 Å². The lowest BCUT2D eigenvalue weighted by atomic mass is 9.85. The summed E-state index contributed by atoms with van der Waals surface area (Å²) in [6.07, 6.45) is -4.35. The molecule has 1 atom stereocenters. The predicted molar refractivity (Wildman–Crippen MR) is 106 cm³/mol. The maximum absolute atomic E-state index is 13.8. The van der Waals surface area contributed by atoms with Crippen LogP contribution >= 0.6 is 0 Å². The Hall–Kier alpha value is -3.10. The molecule has 2 aliphatic heterocycles. The van der Waals surface area contributed by atoms with E-state index in [1.807, 2.05) is 0 Å². The fourth-order valence-corrected chi connectivity index (χ4v) is 3.32. The molecular weight excluding hydrogens is 392 g/mol. The normalized spacial score (nSPS) is 24.1. The Kier molecular flexibility index (Phi) is 4.41. The Bertz CT molecular complexity index is 997. The van der Waals surface area contributed by atoms with E-state index in [9.17, 15) is 19.2 Å². The zero-order valence-corrected chi connectivity index (χ0v) is 17.8. The van der Waals surface area contributed by atoms with E-state index >= 15 is 0 Å². The Morgan fingerprint density at radius 3 is 2.20 bits per heavy atom. The summed E-state index contributed by atoms with van der Waals surface area (Å²) in [6, 6.07) is 6.02. The van der Waals surface area contributed by atoms with Gasteiger partial charge in [-0.05, 0) is 47.6 Å². The van der Waals surface area contributed by atoms with Crippen LogP contribution in [0.5, 0.6) is 0 Å². The van der Waals surface area contributed by atoms with Crippen molar-refractivity contribution in [2.75, 3.05) is 11.5 Å². The summed E-state index contributed by atoms with van der Waals surface area (Å²) in [4.78, 5) is 53.8. The summed E-state index contributed by atoms with van der Waals surface area (Å²) >= 11 is 0. The molecule has 9 heteroatoms. The van der Waals surface area contributed by atoms with Crippen LogP contribution < -0.4 is 4.90 Å². The molecule has 1 saturated heterocycles. The molecule has 0 aliphatic carbocycles. The number of nitrogens with zero attached hydrogens (tertiary/aromatic N) is 2. The number of hydrogen-bond acceptors (Lipinski definition) is 7. The van der Waals surface area contributed by atoms with E-state index in [0.717, 1.165) is 0 Å². The highest BCUT2D eigenvalue weighted by Crippen LogP contribution is 2.49. The minimum atomic E-state index is -2.59. The first-order chi connectivity index (χ1) is 14.5. The number of carbonyl (C=O) groups is 4. The summed E-state index contributed by atoms with van der Waals surface area (Å²) in [7, 11) is 0. The number of carbonyl (C=O) groups excluding carboxylic acids is 4. The Morgan fingerprint density at radius 2 is 1.60 bits per heavy atom. The summed E-state index contributed by atoms with van der Waals surface area (Å²) in [6.45, 7) is 6.99. The second-order valence-corrected chi connectivity index (χ2v) is 9.00. The maximum atomic E-state index is 13.8. The molecule has 0 saturated carbocycles. The molecule has 1 fully saturated rings. The van der Waals surface area contributed by atoms with Gasteiger partial charge in [0.25, 0.3) is 5.91 Å². The van der Waals surface area contributed by atoms with E-state index in [2.05, 4.69) is 0 Å². The van der Waals surface area contributed by atoms with E-state index in [0.29, 0.717) is 9.80 Å². The number of hydrogen-bond donors (Lipinski definition) is 0. The first-order valence-electron chi connectivity index (χ1n) is 10.4. The van der Waals surface area contributed by atoms with Crippen molar-refractivity contribution in [1.29, 1.82) is 0 Å². The Morgan fingerprint density at radius 1 is 1.03 bits per heavy atom. The number of amides is 4. The number of ether oxygens (including phenoxy) is 3. The zero-order valence-electron chi connectivity index (χ0n) is 19.8. The van der Waals surface area contributed by atoms with Crippen LogP contribution in [0.25, 0.3) is 0 Å². The van der Waals surface area contributed by atoms with Gasteiger partial charge in [0.05, 0.1) is 15.0 Å². The first-order valence-corrected chi connectivity index (χ1v) is 9.42. The second kappa shape index (κ2) is 7.00. The highest BCUT2D eigenvalue weighted by molar-refractivity contribution is 6.22. The summed E-state index contributed by atoms with van der Waals surface area (Å²) in [5.74, 6) is -1.01. The van der Waals surface area contributed by atoms with Gasteiger partial charge >= 0.3 is 18.3 Å². The van der Waals surface area contributed by atoms with Crippen LogP contribution in [0, 0.1) is 0 Å². The van der Waals surface area contributed by atoms with Crippen LogP contribution in [-0.4, -0.2) is 46.8 Å². The summed E-state index contributed by atoms with van der Waals surface area (Å²) in [5.41, 5.74) is -4.00. The van der Waals surface area contributed by atoms with Gasteiger partial charge in [0.2, 0.25) is 0 Å². The predicted octanol–water partition coefficient (Wildman–Crippen LogP) is 3.94. The molecule has 162 valence electrons. The lowest BCUT2D eigenvalue weighted by molar-refractivity contribution is -0.132. The molecule has 0 N–H and O–H groups in total. The van der Waals surface area contributed by atoms with Gasteiger partial charge in [0.15, 0.2) is 5.54 Å².